The SMILES string of the molecule is O=C(Nc1cnn(CC2CCCO2)c1)C1COc2ccccc2C1. The number of carbonyl (C=O) groups is 1. The molecule has 126 valence electrons. The highest BCUT2D eigenvalue weighted by Crippen LogP contribution is 2.27. The van der Waals surface area contributed by atoms with Crippen molar-refractivity contribution in [2.75, 3.05) is 18.5 Å². The molecule has 2 aliphatic heterocycles. The van der Waals surface area contributed by atoms with E-state index in [-0.39, 0.29) is 17.9 Å². The number of hydrogen-bond donors (Lipinski definition) is 1. The number of nitrogens with one attached hydrogen (secondary N) is 1. The lowest BCUT2D eigenvalue weighted by Gasteiger charge is -2.24. The van der Waals surface area contributed by atoms with E-state index in [2.05, 4.69) is 10.4 Å². The summed E-state index contributed by atoms with van der Waals surface area (Å²) in [6, 6.07) is 7.87. The molecule has 1 aromatic heterocycles. The van der Waals surface area contributed by atoms with Crippen LogP contribution in [0.25, 0.3) is 0 Å². The van der Waals surface area contributed by atoms with E-state index in [9.17, 15) is 4.79 Å². The van der Waals surface area contributed by atoms with Crippen molar-refractivity contribution >= 4 is 11.6 Å². The lowest BCUT2D eigenvalue weighted by Crippen LogP contribution is -2.32. The molecular formula is C18H21N3O3. The summed E-state index contributed by atoms with van der Waals surface area (Å²) in [6.07, 6.45) is 6.66. The van der Waals surface area contributed by atoms with E-state index >= 15 is 0 Å². The van der Waals surface area contributed by atoms with Gasteiger partial charge in [-0.1, -0.05) is 18.2 Å². The van der Waals surface area contributed by atoms with Gasteiger partial charge in [0.15, 0.2) is 0 Å². The van der Waals surface area contributed by atoms with Crippen LogP contribution in [0.15, 0.2) is 36.7 Å². The number of aromatic nitrogens is 2. The number of rotatable bonds is 4. The summed E-state index contributed by atoms with van der Waals surface area (Å²) in [5.74, 6) is 0.675. The Balaban J connectivity index is 1.35. The predicted octanol–water partition coefficient (Wildman–Crippen LogP) is 2.25. The minimum absolute atomic E-state index is 0.0267. The van der Waals surface area contributed by atoms with Gasteiger partial charge in [0.1, 0.15) is 12.4 Å². The fraction of sp³-hybridized carbons (Fsp3) is 0.444. The van der Waals surface area contributed by atoms with E-state index in [4.69, 9.17) is 9.47 Å². The smallest absolute Gasteiger partial charge is 0.231 e. The van der Waals surface area contributed by atoms with E-state index in [1.54, 1.807) is 6.20 Å². The standard InChI is InChI=1S/C18H21N3O3/c22-18(14-8-13-4-1-2-6-17(13)24-12-14)20-15-9-19-21(10-15)11-16-5-3-7-23-16/h1-2,4,6,9-10,14,16H,3,5,7-8,11-12H2,(H,20,22). The molecule has 0 bridgehead atoms. The van der Waals surface area contributed by atoms with Crippen LogP contribution in [-0.4, -0.2) is 35.0 Å². The molecule has 4 rings (SSSR count). The number of para-hydroxylation sites is 1. The normalized spacial score (nSPS) is 22.7. The van der Waals surface area contributed by atoms with Crippen LogP contribution in [0, 0.1) is 5.92 Å². The lowest BCUT2D eigenvalue weighted by atomic mass is 9.96. The molecule has 1 fully saturated rings. The van der Waals surface area contributed by atoms with Gasteiger partial charge < -0.3 is 14.8 Å². The molecule has 1 aromatic carbocycles. The molecule has 0 aliphatic carbocycles. The molecule has 1 saturated heterocycles. The number of ether oxygens (including phenoxy) is 2. The monoisotopic (exact) mass is 327 g/mol. The Bertz CT molecular complexity index is 722. The van der Waals surface area contributed by atoms with Gasteiger partial charge in [0.2, 0.25) is 5.91 Å². The summed E-state index contributed by atoms with van der Waals surface area (Å²) in [5, 5.41) is 7.25. The lowest BCUT2D eigenvalue weighted by molar-refractivity contribution is -0.121. The van der Waals surface area contributed by atoms with Crippen LogP contribution in [0.5, 0.6) is 5.75 Å². The molecular weight excluding hydrogens is 306 g/mol. The van der Waals surface area contributed by atoms with Gasteiger partial charge in [-0.25, -0.2) is 0 Å². The maximum Gasteiger partial charge on any atom is 0.231 e. The first kappa shape index (κ1) is 15.2. The van der Waals surface area contributed by atoms with Crippen molar-refractivity contribution in [3.63, 3.8) is 0 Å². The number of fused-ring (bicyclic) bond motifs is 1. The second-order valence-corrected chi connectivity index (χ2v) is 6.40. The summed E-state index contributed by atoms with van der Waals surface area (Å²) in [7, 11) is 0. The highest BCUT2D eigenvalue weighted by Gasteiger charge is 2.26. The summed E-state index contributed by atoms with van der Waals surface area (Å²) in [4.78, 5) is 12.5. The maximum atomic E-state index is 12.5. The van der Waals surface area contributed by atoms with Gasteiger partial charge >= 0.3 is 0 Å². The Kier molecular flexibility index (Phi) is 4.21. The molecule has 0 radical (unpaired) electrons. The van der Waals surface area contributed by atoms with Crippen LogP contribution in [0.4, 0.5) is 5.69 Å². The molecule has 24 heavy (non-hydrogen) atoms. The maximum absolute atomic E-state index is 12.5. The quantitative estimate of drug-likeness (QED) is 0.935. The average Bonchev–Trinajstić information content (AvgIpc) is 3.27. The second kappa shape index (κ2) is 6.65. The number of carbonyl (C=O) groups excluding carboxylic acids is 1. The fourth-order valence-corrected chi connectivity index (χ4v) is 3.27. The van der Waals surface area contributed by atoms with Crippen LogP contribution in [-0.2, 0) is 22.5 Å². The number of nitrogens with zero attached hydrogens (tertiary/aromatic N) is 2. The topological polar surface area (TPSA) is 65.4 Å². The first-order valence-corrected chi connectivity index (χ1v) is 8.43. The third-order valence-electron chi connectivity index (χ3n) is 4.57. The summed E-state index contributed by atoms with van der Waals surface area (Å²) in [5.41, 5.74) is 1.80. The van der Waals surface area contributed by atoms with Crippen LogP contribution >= 0.6 is 0 Å². The van der Waals surface area contributed by atoms with Gasteiger partial charge in [0.25, 0.3) is 0 Å². The molecule has 6 heteroatoms. The molecule has 6 nitrogen and oxygen atoms in total. The van der Waals surface area contributed by atoms with E-state index in [0.29, 0.717) is 13.0 Å². The van der Waals surface area contributed by atoms with Gasteiger partial charge in [-0.15, -0.1) is 0 Å². The van der Waals surface area contributed by atoms with Crippen molar-refractivity contribution in [1.29, 1.82) is 0 Å². The molecule has 1 N–H and O–H groups in total. The highest BCUT2D eigenvalue weighted by molar-refractivity contribution is 5.92. The third kappa shape index (κ3) is 3.28. The Morgan fingerprint density at radius 3 is 3.17 bits per heavy atom. The van der Waals surface area contributed by atoms with Crippen LogP contribution < -0.4 is 10.1 Å². The molecule has 0 spiro atoms. The van der Waals surface area contributed by atoms with Gasteiger partial charge in [-0.2, -0.15) is 5.10 Å². The first-order chi connectivity index (χ1) is 11.8. The van der Waals surface area contributed by atoms with Crippen molar-refractivity contribution in [1.82, 2.24) is 9.78 Å². The van der Waals surface area contributed by atoms with Gasteiger partial charge in [0.05, 0.1) is 30.5 Å². The van der Waals surface area contributed by atoms with Crippen molar-refractivity contribution < 1.29 is 14.3 Å². The molecule has 0 saturated carbocycles. The largest absolute Gasteiger partial charge is 0.492 e. The fourth-order valence-electron chi connectivity index (χ4n) is 3.27. The van der Waals surface area contributed by atoms with E-state index < -0.39 is 0 Å². The molecule has 2 unspecified atom stereocenters. The summed E-state index contributed by atoms with van der Waals surface area (Å²) in [6.45, 7) is 1.97. The van der Waals surface area contributed by atoms with Gasteiger partial charge in [0, 0.05) is 12.8 Å². The van der Waals surface area contributed by atoms with Crippen LogP contribution in [0.3, 0.4) is 0 Å². The zero-order chi connectivity index (χ0) is 16.4. The van der Waals surface area contributed by atoms with E-state index in [0.717, 1.165) is 43.0 Å². The Morgan fingerprint density at radius 1 is 1.38 bits per heavy atom. The molecule has 2 aromatic rings. The van der Waals surface area contributed by atoms with E-state index in [1.165, 1.54) is 0 Å². The van der Waals surface area contributed by atoms with Crippen LogP contribution in [0.2, 0.25) is 0 Å². The molecule has 2 aliphatic rings. The second-order valence-electron chi connectivity index (χ2n) is 6.40. The molecule has 3 heterocycles. The molecule has 2 atom stereocenters. The highest BCUT2D eigenvalue weighted by atomic mass is 16.5. The van der Waals surface area contributed by atoms with E-state index in [1.807, 2.05) is 35.1 Å². The number of amides is 1. The minimum atomic E-state index is -0.179. The minimum Gasteiger partial charge on any atom is -0.492 e. The summed E-state index contributed by atoms with van der Waals surface area (Å²) >= 11 is 0. The van der Waals surface area contributed by atoms with Crippen molar-refractivity contribution in [3.8, 4) is 5.75 Å². The third-order valence-corrected chi connectivity index (χ3v) is 4.57. The first-order valence-electron chi connectivity index (χ1n) is 8.43. The van der Waals surface area contributed by atoms with Crippen molar-refractivity contribution in [2.45, 2.75) is 31.9 Å². The Morgan fingerprint density at radius 2 is 2.29 bits per heavy atom. The predicted molar refractivity (Wildman–Crippen MR) is 89.0 cm³/mol. The Labute approximate surface area is 140 Å². The zero-order valence-electron chi connectivity index (χ0n) is 13.5. The number of benzene rings is 1. The number of hydrogen-bond acceptors (Lipinski definition) is 4. The van der Waals surface area contributed by atoms with Gasteiger partial charge in [-0.3, -0.25) is 9.48 Å². The van der Waals surface area contributed by atoms with Crippen LogP contribution in [0.1, 0.15) is 18.4 Å². The van der Waals surface area contributed by atoms with Crippen molar-refractivity contribution in [2.24, 2.45) is 5.92 Å². The number of anilines is 1. The van der Waals surface area contributed by atoms with Crippen molar-refractivity contribution in [3.05, 3.63) is 42.2 Å². The average molecular weight is 327 g/mol. The van der Waals surface area contributed by atoms with Gasteiger partial charge in [-0.05, 0) is 30.9 Å². The Hall–Kier alpha value is -2.34. The summed E-state index contributed by atoms with van der Waals surface area (Å²) < 4.78 is 13.1. The zero-order valence-corrected chi connectivity index (χ0v) is 13.5. The molecule has 1 amide bonds.